The van der Waals surface area contributed by atoms with Crippen LogP contribution in [0.4, 0.5) is 18.9 Å². The number of ether oxygens (including phenoxy) is 2. The van der Waals surface area contributed by atoms with E-state index in [0.717, 1.165) is 0 Å². The second kappa shape index (κ2) is 9.30. The molecule has 4 N–H and O–H groups in total. The lowest BCUT2D eigenvalue weighted by molar-refractivity contribution is 0.319. The summed E-state index contributed by atoms with van der Waals surface area (Å²) >= 11 is 0. The van der Waals surface area contributed by atoms with Crippen LogP contribution in [0.2, 0.25) is 0 Å². The van der Waals surface area contributed by atoms with Gasteiger partial charge in [0.2, 0.25) is 10.0 Å². The lowest BCUT2D eigenvalue weighted by Gasteiger charge is -2.17. The fraction of sp³-hybridized carbons (Fsp3) is 0.294. The highest BCUT2D eigenvalue weighted by molar-refractivity contribution is 7.91. The molecule has 0 aromatic heterocycles. The van der Waals surface area contributed by atoms with Crippen molar-refractivity contribution >= 4 is 25.5 Å². The van der Waals surface area contributed by atoms with E-state index in [4.69, 9.17) is 19.7 Å². The topological polar surface area (TPSA) is 145 Å². The van der Waals surface area contributed by atoms with Crippen LogP contribution in [0.15, 0.2) is 28.0 Å². The van der Waals surface area contributed by atoms with Crippen molar-refractivity contribution in [3.05, 3.63) is 41.2 Å². The molecule has 0 radical (unpaired) electrons. The average Bonchev–Trinajstić information content (AvgIpc) is 2.68. The molecule has 0 amide bonds. The first kappa shape index (κ1) is 24.7. The largest absolute Gasteiger partial charge is 0.493 e. The number of benzene rings is 2. The number of halogens is 3. The fourth-order valence-corrected chi connectivity index (χ4v) is 4.69. The molecule has 2 aromatic rings. The van der Waals surface area contributed by atoms with Crippen molar-refractivity contribution in [2.75, 3.05) is 31.9 Å². The SMILES string of the molecule is COc1ccc(CNc2c(F)c(S(N)(=O)=O)c(F)c(F)c2S(=O)(=O)CCO)cc1OC. The number of sulfonamides is 1. The summed E-state index contributed by atoms with van der Waals surface area (Å²) < 4.78 is 102. The van der Waals surface area contributed by atoms with Crippen LogP contribution in [-0.4, -0.2) is 48.5 Å². The third-order valence-corrected chi connectivity index (χ3v) is 6.76. The van der Waals surface area contributed by atoms with E-state index in [2.05, 4.69) is 5.32 Å². The summed E-state index contributed by atoms with van der Waals surface area (Å²) in [7, 11) is -7.11. The number of methoxy groups -OCH3 is 2. The van der Waals surface area contributed by atoms with Gasteiger partial charge in [-0.15, -0.1) is 0 Å². The minimum Gasteiger partial charge on any atom is -0.493 e. The number of nitrogens with one attached hydrogen (secondary N) is 1. The molecule has 0 atom stereocenters. The number of hydrogen-bond acceptors (Lipinski definition) is 8. The van der Waals surface area contributed by atoms with E-state index in [9.17, 15) is 30.0 Å². The van der Waals surface area contributed by atoms with Crippen molar-refractivity contribution < 1.29 is 44.6 Å². The van der Waals surface area contributed by atoms with Gasteiger partial charge in [-0.25, -0.2) is 35.1 Å². The van der Waals surface area contributed by atoms with Crippen LogP contribution in [0.5, 0.6) is 11.5 Å². The van der Waals surface area contributed by atoms with E-state index < -0.39 is 65.2 Å². The summed E-state index contributed by atoms with van der Waals surface area (Å²) in [5.74, 6) is -6.79. The number of sulfone groups is 1. The van der Waals surface area contributed by atoms with Crippen molar-refractivity contribution in [2.45, 2.75) is 16.3 Å². The lowest BCUT2D eigenvalue weighted by atomic mass is 10.2. The third kappa shape index (κ3) is 5.03. The first-order valence-corrected chi connectivity index (χ1v) is 11.6. The van der Waals surface area contributed by atoms with Crippen molar-refractivity contribution in [3.63, 3.8) is 0 Å². The lowest BCUT2D eigenvalue weighted by Crippen LogP contribution is -2.23. The maximum absolute atomic E-state index is 14.9. The smallest absolute Gasteiger partial charge is 0.244 e. The zero-order valence-electron chi connectivity index (χ0n) is 16.3. The molecular formula is C17H19F3N2O7S2. The summed E-state index contributed by atoms with van der Waals surface area (Å²) in [4.78, 5) is -3.30. The molecule has 172 valence electrons. The van der Waals surface area contributed by atoms with Crippen molar-refractivity contribution in [1.82, 2.24) is 0 Å². The highest BCUT2D eigenvalue weighted by atomic mass is 32.2. The Morgan fingerprint density at radius 3 is 2.06 bits per heavy atom. The zero-order valence-corrected chi connectivity index (χ0v) is 17.9. The van der Waals surface area contributed by atoms with Crippen LogP contribution in [-0.2, 0) is 26.4 Å². The van der Waals surface area contributed by atoms with Crippen LogP contribution >= 0.6 is 0 Å². The fourth-order valence-electron chi connectivity index (χ4n) is 2.72. The zero-order chi connectivity index (χ0) is 23.6. The second-order valence-corrected chi connectivity index (χ2v) is 9.65. The average molecular weight is 484 g/mol. The molecule has 2 rings (SSSR count). The van der Waals surface area contributed by atoms with Gasteiger partial charge in [0, 0.05) is 6.54 Å². The van der Waals surface area contributed by atoms with E-state index in [1.807, 2.05) is 0 Å². The molecule has 14 heteroatoms. The first-order chi connectivity index (χ1) is 14.4. The molecule has 2 aromatic carbocycles. The van der Waals surface area contributed by atoms with E-state index in [-0.39, 0.29) is 12.3 Å². The van der Waals surface area contributed by atoms with Crippen LogP contribution < -0.4 is 19.9 Å². The molecule has 0 aliphatic rings. The van der Waals surface area contributed by atoms with Gasteiger partial charge in [0.1, 0.15) is 4.90 Å². The predicted octanol–water partition coefficient (Wildman–Crippen LogP) is 1.15. The summed E-state index contributed by atoms with van der Waals surface area (Å²) in [5, 5.41) is 16.0. The van der Waals surface area contributed by atoms with Crippen molar-refractivity contribution in [1.29, 1.82) is 0 Å². The molecule has 31 heavy (non-hydrogen) atoms. The Hall–Kier alpha value is -2.55. The van der Waals surface area contributed by atoms with Gasteiger partial charge >= 0.3 is 0 Å². The Morgan fingerprint density at radius 2 is 1.55 bits per heavy atom. The number of primary sulfonamides is 1. The molecule has 0 spiro atoms. The monoisotopic (exact) mass is 484 g/mol. The Kier molecular flexibility index (Phi) is 7.41. The molecule has 9 nitrogen and oxygen atoms in total. The molecule has 0 aliphatic heterocycles. The number of nitrogens with two attached hydrogens (primary N) is 1. The van der Waals surface area contributed by atoms with Gasteiger partial charge in [-0.3, -0.25) is 0 Å². The molecule has 0 unspecified atom stereocenters. The van der Waals surface area contributed by atoms with Crippen LogP contribution in [0.25, 0.3) is 0 Å². The van der Waals surface area contributed by atoms with Crippen molar-refractivity contribution in [2.24, 2.45) is 5.14 Å². The van der Waals surface area contributed by atoms with Gasteiger partial charge in [0.15, 0.2) is 43.7 Å². The van der Waals surface area contributed by atoms with Gasteiger partial charge < -0.3 is 19.9 Å². The van der Waals surface area contributed by atoms with E-state index in [1.165, 1.54) is 32.4 Å². The summed E-state index contributed by atoms with van der Waals surface area (Å²) in [5.41, 5.74) is -0.782. The molecule has 0 saturated carbocycles. The van der Waals surface area contributed by atoms with Gasteiger partial charge in [-0.05, 0) is 17.7 Å². The minimum absolute atomic E-state index is 0.269. The van der Waals surface area contributed by atoms with Crippen LogP contribution in [0.1, 0.15) is 5.56 Å². The van der Waals surface area contributed by atoms with Gasteiger partial charge in [-0.2, -0.15) is 0 Å². The number of rotatable bonds is 9. The van der Waals surface area contributed by atoms with Gasteiger partial charge in [-0.1, -0.05) is 6.07 Å². The summed E-state index contributed by atoms with van der Waals surface area (Å²) in [6, 6.07) is 4.40. The maximum atomic E-state index is 14.9. The molecule has 0 saturated heterocycles. The Labute approximate surface area is 176 Å². The van der Waals surface area contributed by atoms with E-state index in [0.29, 0.717) is 11.3 Å². The molecule has 0 fully saturated rings. The highest BCUT2D eigenvalue weighted by Gasteiger charge is 2.35. The van der Waals surface area contributed by atoms with Crippen LogP contribution in [0, 0.1) is 17.5 Å². The van der Waals surface area contributed by atoms with Gasteiger partial charge in [0.05, 0.1) is 32.3 Å². The van der Waals surface area contributed by atoms with Crippen molar-refractivity contribution in [3.8, 4) is 11.5 Å². The summed E-state index contributed by atoms with van der Waals surface area (Å²) in [6.07, 6.45) is 0. The second-order valence-electron chi connectivity index (χ2n) is 6.11. The maximum Gasteiger partial charge on any atom is 0.244 e. The highest BCUT2D eigenvalue weighted by Crippen LogP contribution is 2.36. The van der Waals surface area contributed by atoms with Crippen LogP contribution in [0.3, 0.4) is 0 Å². The Balaban J connectivity index is 2.68. The number of hydrogen-bond donors (Lipinski definition) is 3. The standard InChI is InChI=1S/C17H19F3N2O7S2/c1-28-10-4-3-9(7-11(10)29-2)8-22-15-14(20)16(31(21,26)27)12(18)13(19)17(15)30(24,25)6-5-23/h3-4,7,22-23H,5-6,8H2,1-2H3,(H2,21,26,27). The minimum atomic E-state index is -5.10. The Bertz CT molecular complexity index is 1200. The van der Waals surface area contributed by atoms with E-state index in [1.54, 1.807) is 0 Å². The molecule has 0 aliphatic carbocycles. The third-order valence-electron chi connectivity index (χ3n) is 4.11. The van der Waals surface area contributed by atoms with Gasteiger partial charge in [0.25, 0.3) is 0 Å². The number of anilines is 1. The predicted molar refractivity (Wildman–Crippen MR) is 104 cm³/mol. The Morgan fingerprint density at radius 1 is 0.968 bits per heavy atom. The van der Waals surface area contributed by atoms with E-state index >= 15 is 0 Å². The molecular weight excluding hydrogens is 465 g/mol. The quantitative estimate of drug-likeness (QED) is 0.450. The number of aliphatic hydroxyl groups excluding tert-OH is 1. The number of aliphatic hydroxyl groups is 1. The normalized spacial score (nSPS) is 12.0. The molecule has 0 heterocycles. The first-order valence-electron chi connectivity index (χ1n) is 8.40. The summed E-state index contributed by atoms with van der Waals surface area (Å²) in [6.45, 7) is -1.33. The molecule has 0 bridgehead atoms.